The summed E-state index contributed by atoms with van der Waals surface area (Å²) in [7, 11) is 0. The maximum atomic E-state index is 5.37. The summed E-state index contributed by atoms with van der Waals surface area (Å²) in [5.74, 6) is 0. The average molecular weight is 179 g/mol. The Morgan fingerprint density at radius 2 is 1.17 bits per heavy atom. The number of hydrogen-bond donors (Lipinski definition) is 1. The van der Waals surface area contributed by atoms with Crippen molar-refractivity contribution in [2.24, 2.45) is 5.73 Å². The molecule has 0 aromatic carbocycles. The SMILES string of the molecule is CCCCCCCCCN.O.O. The number of hydrogen-bond acceptors (Lipinski definition) is 1. The first kappa shape index (κ1) is 17.8. The van der Waals surface area contributed by atoms with E-state index in [0.717, 1.165) is 6.54 Å². The van der Waals surface area contributed by atoms with Crippen LogP contribution in [0.5, 0.6) is 0 Å². The van der Waals surface area contributed by atoms with E-state index in [-0.39, 0.29) is 11.0 Å². The highest BCUT2D eigenvalue weighted by atomic mass is 16.0. The Balaban J connectivity index is -0.000000405. The minimum absolute atomic E-state index is 0. The first-order valence-corrected chi connectivity index (χ1v) is 4.62. The molecule has 0 fully saturated rings. The van der Waals surface area contributed by atoms with E-state index in [0.29, 0.717) is 0 Å². The van der Waals surface area contributed by atoms with Crippen molar-refractivity contribution in [1.29, 1.82) is 0 Å². The quantitative estimate of drug-likeness (QED) is 0.581. The maximum absolute atomic E-state index is 5.37. The van der Waals surface area contributed by atoms with Gasteiger partial charge in [0.05, 0.1) is 0 Å². The van der Waals surface area contributed by atoms with Crippen LogP contribution in [0, 0.1) is 0 Å². The summed E-state index contributed by atoms with van der Waals surface area (Å²) in [6.45, 7) is 3.12. The molecule has 0 saturated carbocycles. The monoisotopic (exact) mass is 179 g/mol. The van der Waals surface area contributed by atoms with Gasteiger partial charge in [0.2, 0.25) is 0 Å². The van der Waals surface area contributed by atoms with Crippen molar-refractivity contribution in [1.82, 2.24) is 0 Å². The van der Waals surface area contributed by atoms with Crippen LogP contribution in [0.2, 0.25) is 0 Å². The van der Waals surface area contributed by atoms with E-state index in [1.54, 1.807) is 0 Å². The van der Waals surface area contributed by atoms with Gasteiger partial charge in [-0.2, -0.15) is 0 Å². The van der Waals surface area contributed by atoms with Gasteiger partial charge in [-0.3, -0.25) is 0 Å². The second-order valence-electron chi connectivity index (χ2n) is 2.91. The lowest BCUT2D eigenvalue weighted by atomic mass is 10.1. The fourth-order valence-corrected chi connectivity index (χ4v) is 1.10. The molecule has 0 amide bonds. The maximum Gasteiger partial charge on any atom is -0.00773 e. The second-order valence-corrected chi connectivity index (χ2v) is 2.91. The van der Waals surface area contributed by atoms with Gasteiger partial charge in [0.1, 0.15) is 0 Å². The molecule has 0 saturated heterocycles. The summed E-state index contributed by atoms with van der Waals surface area (Å²) >= 11 is 0. The lowest BCUT2D eigenvalue weighted by Gasteiger charge is -1.97. The van der Waals surface area contributed by atoms with Gasteiger partial charge < -0.3 is 16.7 Å². The molecule has 0 aliphatic rings. The summed E-state index contributed by atoms with van der Waals surface area (Å²) in [4.78, 5) is 0. The van der Waals surface area contributed by atoms with Gasteiger partial charge in [-0.15, -0.1) is 0 Å². The predicted octanol–water partition coefficient (Wildman–Crippen LogP) is 1.05. The van der Waals surface area contributed by atoms with E-state index in [4.69, 9.17) is 5.73 Å². The molecule has 0 aromatic heterocycles. The molecule has 3 heteroatoms. The van der Waals surface area contributed by atoms with E-state index in [2.05, 4.69) is 6.92 Å². The lowest BCUT2D eigenvalue weighted by Crippen LogP contribution is -1.97. The van der Waals surface area contributed by atoms with E-state index in [1.807, 2.05) is 0 Å². The fourth-order valence-electron chi connectivity index (χ4n) is 1.10. The summed E-state index contributed by atoms with van der Waals surface area (Å²) in [5.41, 5.74) is 5.37. The molecule has 0 atom stereocenters. The molecule has 3 nitrogen and oxygen atoms in total. The molecule has 0 aliphatic carbocycles. The van der Waals surface area contributed by atoms with E-state index in [1.165, 1.54) is 44.9 Å². The van der Waals surface area contributed by atoms with Crippen LogP contribution in [-0.2, 0) is 0 Å². The van der Waals surface area contributed by atoms with Gasteiger partial charge in [0.15, 0.2) is 0 Å². The number of unbranched alkanes of at least 4 members (excludes halogenated alkanes) is 6. The van der Waals surface area contributed by atoms with Gasteiger partial charge in [-0.1, -0.05) is 45.4 Å². The molecular formula is C9H25NO2. The Bertz CT molecular complexity index is 52.5. The first-order chi connectivity index (χ1) is 4.91. The second kappa shape index (κ2) is 17.1. The van der Waals surface area contributed by atoms with Gasteiger partial charge >= 0.3 is 0 Å². The fraction of sp³-hybridized carbons (Fsp3) is 1.00. The predicted molar refractivity (Wildman–Crippen MR) is 54.3 cm³/mol. The zero-order chi connectivity index (χ0) is 7.66. The molecule has 0 bridgehead atoms. The van der Waals surface area contributed by atoms with Crippen molar-refractivity contribution in [3.05, 3.63) is 0 Å². The molecule has 0 unspecified atom stereocenters. The molecular weight excluding hydrogens is 154 g/mol. The highest BCUT2D eigenvalue weighted by Crippen LogP contribution is 2.05. The molecule has 0 aromatic rings. The van der Waals surface area contributed by atoms with Gasteiger partial charge in [-0.25, -0.2) is 0 Å². The zero-order valence-electron chi connectivity index (χ0n) is 8.23. The highest BCUT2D eigenvalue weighted by Gasteiger charge is 1.87. The Morgan fingerprint density at radius 3 is 1.58 bits per heavy atom. The van der Waals surface area contributed by atoms with Crippen LogP contribution in [0.15, 0.2) is 0 Å². The van der Waals surface area contributed by atoms with E-state index in [9.17, 15) is 0 Å². The third kappa shape index (κ3) is 16.5. The zero-order valence-corrected chi connectivity index (χ0v) is 8.23. The van der Waals surface area contributed by atoms with Crippen molar-refractivity contribution < 1.29 is 11.0 Å². The third-order valence-corrected chi connectivity index (χ3v) is 1.81. The molecule has 78 valence electrons. The minimum Gasteiger partial charge on any atom is -0.412 e. The van der Waals surface area contributed by atoms with Gasteiger partial charge in [0, 0.05) is 0 Å². The molecule has 0 radical (unpaired) electrons. The molecule has 0 heterocycles. The standard InChI is InChI=1S/C9H21N.2H2O/c1-2-3-4-5-6-7-8-9-10;;/h2-10H2,1H3;2*1H2. The average Bonchev–Trinajstić information content (AvgIpc) is 1.97. The van der Waals surface area contributed by atoms with E-state index < -0.39 is 0 Å². The Labute approximate surface area is 76.0 Å². The van der Waals surface area contributed by atoms with Gasteiger partial charge in [-0.05, 0) is 13.0 Å². The molecule has 0 spiro atoms. The topological polar surface area (TPSA) is 89.0 Å². The first-order valence-electron chi connectivity index (χ1n) is 4.62. The van der Waals surface area contributed by atoms with Crippen LogP contribution in [-0.4, -0.2) is 17.5 Å². The summed E-state index contributed by atoms with van der Waals surface area (Å²) in [6.07, 6.45) is 9.51. The Hall–Kier alpha value is -0.120. The van der Waals surface area contributed by atoms with Crippen molar-refractivity contribution in [3.8, 4) is 0 Å². The largest absolute Gasteiger partial charge is 0.412 e. The minimum atomic E-state index is 0. The van der Waals surface area contributed by atoms with Crippen molar-refractivity contribution in [2.45, 2.75) is 51.9 Å². The Kier molecular flexibility index (Phi) is 25.4. The molecule has 0 rings (SSSR count). The van der Waals surface area contributed by atoms with Crippen LogP contribution in [0.3, 0.4) is 0 Å². The Morgan fingerprint density at radius 1 is 0.750 bits per heavy atom. The lowest BCUT2D eigenvalue weighted by molar-refractivity contribution is 0.593. The molecule has 6 N–H and O–H groups in total. The normalized spacial score (nSPS) is 8.50. The summed E-state index contributed by atoms with van der Waals surface area (Å²) in [5, 5.41) is 0. The van der Waals surface area contributed by atoms with E-state index >= 15 is 0 Å². The van der Waals surface area contributed by atoms with Crippen molar-refractivity contribution in [3.63, 3.8) is 0 Å². The highest BCUT2D eigenvalue weighted by molar-refractivity contribution is 4.44. The smallest absolute Gasteiger partial charge is 0.00773 e. The van der Waals surface area contributed by atoms with Crippen LogP contribution in [0.4, 0.5) is 0 Å². The van der Waals surface area contributed by atoms with Crippen molar-refractivity contribution >= 4 is 0 Å². The molecule has 12 heavy (non-hydrogen) atoms. The van der Waals surface area contributed by atoms with Crippen LogP contribution >= 0.6 is 0 Å². The number of rotatable bonds is 7. The van der Waals surface area contributed by atoms with Crippen molar-refractivity contribution in [2.75, 3.05) is 6.54 Å². The number of nitrogens with two attached hydrogens (primary N) is 1. The van der Waals surface area contributed by atoms with Crippen LogP contribution in [0.25, 0.3) is 0 Å². The summed E-state index contributed by atoms with van der Waals surface area (Å²) in [6, 6.07) is 0. The van der Waals surface area contributed by atoms with Crippen LogP contribution < -0.4 is 5.73 Å². The summed E-state index contributed by atoms with van der Waals surface area (Å²) < 4.78 is 0. The third-order valence-electron chi connectivity index (χ3n) is 1.81. The van der Waals surface area contributed by atoms with Gasteiger partial charge in [0.25, 0.3) is 0 Å². The molecule has 0 aliphatic heterocycles. The van der Waals surface area contributed by atoms with Crippen LogP contribution in [0.1, 0.15) is 51.9 Å².